The Hall–Kier alpha value is -2.45. The molecule has 0 bridgehead atoms. The van der Waals surface area contributed by atoms with E-state index < -0.39 is 0 Å². The fourth-order valence-corrected chi connectivity index (χ4v) is 3.00. The highest BCUT2D eigenvalue weighted by Gasteiger charge is 2.12. The summed E-state index contributed by atoms with van der Waals surface area (Å²) in [5, 5.41) is 17.2. The van der Waals surface area contributed by atoms with Crippen LogP contribution in [0.5, 0.6) is 0 Å². The van der Waals surface area contributed by atoms with E-state index in [9.17, 15) is 4.79 Å². The van der Waals surface area contributed by atoms with Crippen molar-refractivity contribution in [2.45, 2.75) is 18.5 Å². The van der Waals surface area contributed by atoms with Crippen LogP contribution in [0, 0.1) is 18.3 Å². The van der Waals surface area contributed by atoms with Crippen LogP contribution in [0.15, 0.2) is 22.8 Å². The van der Waals surface area contributed by atoms with Gasteiger partial charge in [0.15, 0.2) is 0 Å². The Morgan fingerprint density at radius 2 is 2.50 bits per heavy atom. The van der Waals surface area contributed by atoms with Crippen LogP contribution in [-0.2, 0) is 11.3 Å². The Morgan fingerprint density at radius 1 is 1.68 bits per heavy atom. The Morgan fingerprint density at radius 3 is 3.18 bits per heavy atom. The fraction of sp³-hybridized carbons (Fsp3) is 0.273. The Labute approximate surface area is 134 Å². The van der Waals surface area contributed by atoms with Gasteiger partial charge < -0.3 is 5.73 Å². The smallest absolute Gasteiger partial charge is 0.250 e. The molecule has 2 aromatic heterocycles. The standard InChI is InChI=1S/C11H12N8OS2/c1-7-8(2-12)11(18-22-7)21-4-10(20)17-16-9(13)3-19-6-14-5-15-19/h5-6H,3-4H2,1H3,(H2,13,16)(H,17,20). The molecule has 11 heteroatoms. The molecular formula is C11H12N8OS2. The van der Waals surface area contributed by atoms with Crippen LogP contribution in [0.4, 0.5) is 0 Å². The molecule has 1 amide bonds. The minimum Gasteiger partial charge on any atom is -0.384 e. The average molecular weight is 336 g/mol. The largest absolute Gasteiger partial charge is 0.384 e. The van der Waals surface area contributed by atoms with Gasteiger partial charge in [0.1, 0.15) is 36.1 Å². The molecule has 0 fully saturated rings. The molecule has 2 heterocycles. The van der Waals surface area contributed by atoms with E-state index in [1.54, 1.807) is 0 Å². The van der Waals surface area contributed by atoms with Crippen LogP contribution >= 0.6 is 23.3 Å². The summed E-state index contributed by atoms with van der Waals surface area (Å²) in [7, 11) is 0. The molecule has 3 N–H and O–H groups in total. The Balaban J connectivity index is 1.82. The lowest BCUT2D eigenvalue weighted by atomic mass is 10.3. The van der Waals surface area contributed by atoms with Crippen molar-refractivity contribution in [3.8, 4) is 6.07 Å². The number of nitriles is 1. The Kier molecular flexibility index (Phi) is 5.45. The molecule has 22 heavy (non-hydrogen) atoms. The van der Waals surface area contributed by atoms with E-state index in [-0.39, 0.29) is 24.0 Å². The maximum absolute atomic E-state index is 11.7. The molecule has 0 aliphatic heterocycles. The van der Waals surface area contributed by atoms with Crippen LogP contribution < -0.4 is 11.2 Å². The number of aromatic nitrogens is 4. The maximum atomic E-state index is 11.7. The number of amidine groups is 1. The summed E-state index contributed by atoms with van der Waals surface area (Å²) < 4.78 is 5.61. The molecule has 0 aliphatic carbocycles. The van der Waals surface area contributed by atoms with Gasteiger partial charge >= 0.3 is 0 Å². The van der Waals surface area contributed by atoms with Gasteiger partial charge in [-0.1, -0.05) is 11.8 Å². The molecule has 0 atom stereocenters. The Bertz CT molecular complexity index is 715. The molecule has 0 aliphatic rings. The van der Waals surface area contributed by atoms with Gasteiger partial charge in [0, 0.05) is 4.88 Å². The van der Waals surface area contributed by atoms with E-state index in [1.165, 1.54) is 40.6 Å². The minimum absolute atomic E-state index is 0.0952. The van der Waals surface area contributed by atoms with Crippen molar-refractivity contribution in [1.82, 2.24) is 24.6 Å². The molecule has 9 nitrogen and oxygen atoms in total. The number of hydrazone groups is 1. The van der Waals surface area contributed by atoms with Crippen LogP contribution in [-0.4, -0.2) is 36.6 Å². The summed E-state index contributed by atoms with van der Waals surface area (Å²) >= 11 is 2.42. The zero-order chi connectivity index (χ0) is 15.9. The van der Waals surface area contributed by atoms with Gasteiger partial charge in [0.05, 0.1) is 11.3 Å². The molecular weight excluding hydrogens is 324 g/mol. The third-order valence-corrected chi connectivity index (χ3v) is 4.24. The van der Waals surface area contributed by atoms with Crippen molar-refractivity contribution in [2.75, 3.05) is 5.75 Å². The van der Waals surface area contributed by atoms with E-state index in [1.807, 2.05) is 6.92 Å². The first-order chi connectivity index (χ1) is 10.6. The molecule has 0 saturated carbocycles. The molecule has 0 aromatic carbocycles. The summed E-state index contributed by atoms with van der Waals surface area (Å²) in [6.07, 6.45) is 2.87. The van der Waals surface area contributed by atoms with Gasteiger partial charge in [-0.15, -0.1) is 0 Å². The number of rotatable bonds is 6. The van der Waals surface area contributed by atoms with Crippen molar-refractivity contribution < 1.29 is 4.79 Å². The first-order valence-corrected chi connectivity index (χ1v) is 7.78. The minimum atomic E-state index is -0.332. The van der Waals surface area contributed by atoms with Crippen molar-refractivity contribution in [3.05, 3.63) is 23.1 Å². The van der Waals surface area contributed by atoms with Gasteiger partial charge in [-0.25, -0.2) is 15.1 Å². The van der Waals surface area contributed by atoms with Crippen LogP contribution in [0.3, 0.4) is 0 Å². The number of nitrogens with zero attached hydrogens (tertiary/aromatic N) is 6. The molecule has 0 radical (unpaired) electrons. The fourth-order valence-electron chi connectivity index (χ4n) is 1.39. The number of thioether (sulfide) groups is 1. The molecule has 2 aromatic rings. The van der Waals surface area contributed by atoms with Crippen LogP contribution in [0.1, 0.15) is 10.4 Å². The number of nitrogens with one attached hydrogen (secondary N) is 1. The molecule has 2 rings (SSSR count). The van der Waals surface area contributed by atoms with E-state index in [4.69, 9.17) is 11.0 Å². The first kappa shape index (κ1) is 15.9. The molecule has 0 spiro atoms. The number of aryl methyl sites for hydroxylation is 1. The number of carbonyl (C=O) groups excluding carboxylic acids is 1. The topological polar surface area (TPSA) is 135 Å². The molecule has 0 saturated heterocycles. The number of hydrogen-bond donors (Lipinski definition) is 2. The van der Waals surface area contributed by atoms with Gasteiger partial charge in [-0.05, 0) is 18.5 Å². The summed E-state index contributed by atoms with van der Waals surface area (Å²) in [6.45, 7) is 2.05. The third-order valence-electron chi connectivity index (χ3n) is 2.40. The van der Waals surface area contributed by atoms with E-state index >= 15 is 0 Å². The van der Waals surface area contributed by atoms with Gasteiger partial charge in [-0.2, -0.15) is 19.8 Å². The normalized spacial score (nSPS) is 11.2. The summed E-state index contributed by atoms with van der Waals surface area (Å²) in [4.78, 5) is 16.3. The van der Waals surface area contributed by atoms with Gasteiger partial charge in [-0.3, -0.25) is 4.79 Å². The molecule has 114 valence electrons. The average Bonchev–Trinajstić information content (AvgIpc) is 3.12. The second kappa shape index (κ2) is 7.53. The summed E-state index contributed by atoms with van der Waals surface area (Å²) in [6, 6.07) is 2.07. The number of amides is 1. The quantitative estimate of drug-likeness (QED) is 0.330. The van der Waals surface area contributed by atoms with Crippen molar-refractivity contribution >= 4 is 35.0 Å². The van der Waals surface area contributed by atoms with E-state index in [0.29, 0.717) is 10.6 Å². The summed E-state index contributed by atoms with van der Waals surface area (Å²) in [5.41, 5.74) is 8.51. The zero-order valence-corrected chi connectivity index (χ0v) is 13.2. The highest BCUT2D eigenvalue weighted by molar-refractivity contribution is 8.00. The zero-order valence-electron chi connectivity index (χ0n) is 11.6. The van der Waals surface area contributed by atoms with Gasteiger partial charge in [0.25, 0.3) is 5.91 Å². The van der Waals surface area contributed by atoms with Crippen molar-refractivity contribution in [1.29, 1.82) is 5.26 Å². The monoisotopic (exact) mass is 336 g/mol. The number of nitrogens with two attached hydrogens (primary N) is 1. The lowest BCUT2D eigenvalue weighted by Gasteiger charge is -2.02. The SMILES string of the molecule is Cc1snc(SCC(=O)NN=C(N)Cn2cncn2)c1C#N. The first-order valence-electron chi connectivity index (χ1n) is 6.02. The maximum Gasteiger partial charge on any atom is 0.250 e. The van der Waals surface area contributed by atoms with Crippen LogP contribution in [0.25, 0.3) is 0 Å². The van der Waals surface area contributed by atoms with Crippen molar-refractivity contribution in [2.24, 2.45) is 10.8 Å². The molecule has 0 unspecified atom stereocenters. The van der Waals surface area contributed by atoms with E-state index in [2.05, 4.69) is 31.1 Å². The lowest BCUT2D eigenvalue weighted by Crippen LogP contribution is -2.27. The van der Waals surface area contributed by atoms with E-state index in [0.717, 1.165) is 4.88 Å². The highest BCUT2D eigenvalue weighted by atomic mass is 32.2. The number of carbonyl (C=O) groups is 1. The van der Waals surface area contributed by atoms with Crippen LogP contribution in [0.2, 0.25) is 0 Å². The predicted octanol–water partition coefficient (Wildman–Crippen LogP) is 0.0954. The second-order valence-electron chi connectivity index (χ2n) is 4.05. The summed E-state index contributed by atoms with van der Waals surface area (Å²) in [5.74, 6) is -0.0371. The van der Waals surface area contributed by atoms with Gasteiger partial charge in [0.2, 0.25) is 0 Å². The van der Waals surface area contributed by atoms with Crippen molar-refractivity contribution in [3.63, 3.8) is 0 Å². The lowest BCUT2D eigenvalue weighted by molar-refractivity contribution is -0.118. The highest BCUT2D eigenvalue weighted by Crippen LogP contribution is 2.26. The third kappa shape index (κ3) is 4.27. The number of hydrogen-bond acceptors (Lipinski definition) is 8. The second-order valence-corrected chi connectivity index (χ2v) is 5.99. The predicted molar refractivity (Wildman–Crippen MR) is 82.1 cm³/mol.